The Labute approximate surface area is 75.8 Å². The first-order chi connectivity index (χ1) is 5.79. The zero-order chi connectivity index (χ0) is 8.81. The molecule has 1 aliphatic rings. The van der Waals surface area contributed by atoms with Crippen LogP contribution in [0.2, 0.25) is 0 Å². The van der Waals surface area contributed by atoms with E-state index in [1.165, 1.54) is 32.1 Å². The minimum absolute atomic E-state index is 0.387. The van der Waals surface area contributed by atoms with Crippen LogP contribution in [0.25, 0.3) is 0 Å². The Bertz CT molecular complexity index is 138. The molecule has 0 aromatic heterocycles. The lowest BCUT2D eigenvalue weighted by atomic mass is 10.0. The summed E-state index contributed by atoms with van der Waals surface area (Å²) in [6.45, 7) is 4.24. The van der Waals surface area contributed by atoms with Crippen molar-refractivity contribution in [3.63, 3.8) is 0 Å². The lowest BCUT2D eigenvalue weighted by Crippen LogP contribution is -2.18. The van der Waals surface area contributed by atoms with Crippen LogP contribution in [-0.2, 0) is 4.74 Å². The van der Waals surface area contributed by atoms with Crippen LogP contribution in [0.1, 0.15) is 46.0 Å². The SMILES string of the molecule is CC(C)O[C@H]1CC/C=C/CCC1. The van der Waals surface area contributed by atoms with E-state index in [0.717, 1.165) is 0 Å². The maximum atomic E-state index is 5.79. The van der Waals surface area contributed by atoms with Gasteiger partial charge in [-0.15, -0.1) is 0 Å². The molecule has 1 heteroatoms. The summed E-state index contributed by atoms with van der Waals surface area (Å²) in [5.41, 5.74) is 0. The van der Waals surface area contributed by atoms with Gasteiger partial charge in [-0.3, -0.25) is 0 Å². The number of hydrogen-bond acceptors (Lipinski definition) is 1. The van der Waals surface area contributed by atoms with E-state index < -0.39 is 0 Å². The summed E-state index contributed by atoms with van der Waals surface area (Å²) in [5.74, 6) is 0. The van der Waals surface area contributed by atoms with Gasteiger partial charge in [0.25, 0.3) is 0 Å². The third kappa shape index (κ3) is 3.91. The third-order valence-electron chi connectivity index (χ3n) is 2.18. The molecular formula is C11H20O. The van der Waals surface area contributed by atoms with Crippen molar-refractivity contribution in [2.24, 2.45) is 0 Å². The van der Waals surface area contributed by atoms with E-state index in [2.05, 4.69) is 26.0 Å². The number of ether oxygens (including phenoxy) is 1. The molecule has 0 radical (unpaired) electrons. The maximum absolute atomic E-state index is 5.79. The molecular weight excluding hydrogens is 148 g/mol. The predicted molar refractivity (Wildman–Crippen MR) is 52.2 cm³/mol. The second kappa shape index (κ2) is 5.36. The van der Waals surface area contributed by atoms with Crippen molar-refractivity contribution in [1.29, 1.82) is 0 Å². The first-order valence-corrected chi connectivity index (χ1v) is 5.09. The van der Waals surface area contributed by atoms with Crippen molar-refractivity contribution in [1.82, 2.24) is 0 Å². The van der Waals surface area contributed by atoms with Gasteiger partial charge in [-0.05, 0) is 46.0 Å². The van der Waals surface area contributed by atoms with E-state index in [1.54, 1.807) is 0 Å². The lowest BCUT2D eigenvalue weighted by molar-refractivity contribution is -0.00213. The number of allylic oxidation sites excluding steroid dienone is 2. The van der Waals surface area contributed by atoms with Gasteiger partial charge in [0.2, 0.25) is 0 Å². The van der Waals surface area contributed by atoms with Gasteiger partial charge in [0.05, 0.1) is 12.2 Å². The average Bonchev–Trinajstić information content (AvgIpc) is 1.93. The van der Waals surface area contributed by atoms with E-state index >= 15 is 0 Å². The van der Waals surface area contributed by atoms with Gasteiger partial charge in [0, 0.05) is 0 Å². The largest absolute Gasteiger partial charge is 0.376 e. The summed E-state index contributed by atoms with van der Waals surface area (Å²) >= 11 is 0. The molecule has 1 aliphatic carbocycles. The minimum Gasteiger partial charge on any atom is -0.376 e. The summed E-state index contributed by atoms with van der Waals surface area (Å²) < 4.78 is 5.79. The van der Waals surface area contributed by atoms with E-state index in [0.29, 0.717) is 12.2 Å². The molecule has 0 spiro atoms. The van der Waals surface area contributed by atoms with E-state index in [4.69, 9.17) is 4.74 Å². The topological polar surface area (TPSA) is 9.23 Å². The van der Waals surface area contributed by atoms with Crippen molar-refractivity contribution in [2.45, 2.75) is 58.2 Å². The van der Waals surface area contributed by atoms with Gasteiger partial charge in [-0.1, -0.05) is 12.2 Å². The van der Waals surface area contributed by atoms with Crippen LogP contribution < -0.4 is 0 Å². The molecule has 0 aliphatic heterocycles. The molecule has 0 unspecified atom stereocenters. The fourth-order valence-electron chi connectivity index (χ4n) is 1.65. The van der Waals surface area contributed by atoms with E-state index in [1.807, 2.05) is 0 Å². The van der Waals surface area contributed by atoms with E-state index in [9.17, 15) is 0 Å². The highest BCUT2D eigenvalue weighted by Crippen LogP contribution is 2.16. The highest BCUT2D eigenvalue weighted by molar-refractivity contribution is 4.85. The first-order valence-electron chi connectivity index (χ1n) is 5.09. The lowest BCUT2D eigenvalue weighted by Gasteiger charge is -2.20. The Morgan fingerprint density at radius 2 is 1.92 bits per heavy atom. The summed E-state index contributed by atoms with van der Waals surface area (Å²) in [7, 11) is 0. The maximum Gasteiger partial charge on any atom is 0.0581 e. The molecule has 1 atom stereocenters. The average molecular weight is 168 g/mol. The Kier molecular flexibility index (Phi) is 4.37. The molecule has 12 heavy (non-hydrogen) atoms. The van der Waals surface area contributed by atoms with Crippen molar-refractivity contribution in [3.05, 3.63) is 12.2 Å². The zero-order valence-electron chi connectivity index (χ0n) is 8.25. The monoisotopic (exact) mass is 168 g/mol. The van der Waals surface area contributed by atoms with E-state index in [-0.39, 0.29) is 0 Å². The standard InChI is InChI=1S/C11H20O/c1-10(2)12-11-8-6-4-3-5-7-9-11/h3-4,10-11H,5-9H2,1-2H3/b4-3+/t11-/m0/s1. The van der Waals surface area contributed by atoms with Crippen molar-refractivity contribution < 1.29 is 4.74 Å². The van der Waals surface area contributed by atoms with Crippen LogP contribution in [0.4, 0.5) is 0 Å². The van der Waals surface area contributed by atoms with Gasteiger partial charge < -0.3 is 4.74 Å². The molecule has 0 aromatic carbocycles. The fourth-order valence-corrected chi connectivity index (χ4v) is 1.65. The normalized spacial score (nSPS) is 28.1. The predicted octanol–water partition coefficient (Wildman–Crippen LogP) is 3.30. The highest BCUT2D eigenvalue weighted by atomic mass is 16.5. The number of hydrogen-bond donors (Lipinski definition) is 0. The fraction of sp³-hybridized carbons (Fsp3) is 0.818. The molecule has 1 nitrogen and oxygen atoms in total. The molecule has 0 bridgehead atoms. The zero-order valence-corrected chi connectivity index (χ0v) is 8.25. The van der Waals surface area contributed by atoms with Gasteiger partial charge in [0.15, 0.2) is 0 Å². The number of rotatable bonds is 2. The molecule has 0 saturated heterocycles. The molecule has 0 N–H and O–H groups in total. The summed E-state index contributed by atoms with van der Waals surface area (Å²) in [5, 5.41) is 0. The third-order valence-corrected chi connectivity index (χ3v) is 2.18. The molecule has 0 saturated carbocycles. The molecule has 70 valence electrons. The highest BCUT2D eigenvalue weighted by Gasteiger charge is 2.10. The summed E-state index contributed by atoms with van der Waals surface area (Å²) in [4.78, 5) is 0. The van der Waals surface area contributed by atoms with Gasteiger partial charge in [-0.25, -0.2) is 0 Å². The van der Waals surface area contributed by atoms with Crippen LogP contribution >= 0.6 is 0 Å². The summed E-state index contributed by atoms with van der Waals surface area (Å²) in [6, 6.07) is 0. The Balaban J connectivity index is 2.27. The minimum atomic E-state index is 0.387. The molecule has 0 amide bonds. The molecule has 0 aromatic rings. The van der Waals surface area contributed by atoms with Gasteiger partial charge >= 0.3 is 0 Å². The van der Waals surface area contributed by atoms with Crippen LogP contribution in [0.5, 0.6) is 0 Å². The molecule has 0 heterocycles. The van der Waals surface area contributed by atoms with Crippen LogP contribution in [0.15, 0.2) is 12.2 Å². The summed E-state index contributed by atoms with van der Waals surface area (Å²) in [6.07, 6.45) is 11.6. The van der Waals surface area contributed by atoms with Gasteiger partial charge in [-0.2, -0.15) is 0 Å². The van der Waals surface area contributed by atoms with Gasteiger partial charge in [0.1, 0.15) is 0 Å². The Hall–Kier alpha value is -0.300. The van der Waals surface area contributed by atoms with Crippen LogP contribution in [0, 0.1) is 0 Å². The van der Waals surface area contributed by atoms with Crippen LogP contribution in [-0.4, -0.2) is 12.2 Å². The Morgan fingerprint density at radius 1 is 1.17 bits per heavy atom. The molecule has 0 fully saturated rings. The van der Waals surface area contributed by atoms with Crippen molar-refractivity contribution in [2.75, 3.05) is 0 Å². The smallest absolute Gasteiger partial charge is 0.0581 e. The first kappa shape index (κ1) is 9.79. The quantitative estimate of drug-likeness (QED) is 0.575. The second-order valence-electron chi connectivity index (χ2n) is 3.79. The second-order valence-corrected chi connectivity index (χ2v) is 3.79. The van der Waals surface area contributed by atoms with Crippen molar-refractivity contribution in [3.8, 4) is 0 Å². The van der Waals surface area contributed by atoms with Crippen LogP contribution in [0.3, 0.4) is 0 Å². The molecule has 1 rings (SSSR count). The van der Waals surface area contributed by atoms with Crippen molar-refractivity contribution >= 4 is 0 Å². The Morgan fingerprint density at radius 3 is 2.67 bits per heavy atom.